The van der Waals surface area contributed by atoms with Gasteiger partial charge in [0.25, 0.3) is 0 Å². The van der Waals surface area contributed by atoms with E-state index in [9.17, 15) is 0 Å². The number of nitrogens with one attached hydrogen (secondary N) is 1. The van der Waals surface area contributed by atoms with Crippen LogP contribution in [0.4, 0.5) is 0 Å². The molecule has 0 amide bonds. The van der Waals surface area contributed by atoms with E-state index < -0.39 is 0 Å². The highest BCUT2D eigenvalue weighted by Crippen LogP contribution is 2.25. The lowest BCUT2D eigenvalue weighted by atomic mass is 9.97. The predicted molar refractivity (Wildman–Crippen MR) is 117 cm³/mol. The lowest BCUT2D eigenvalue weighted by Gasteiger charge is -2.17. The average Bonchev–Trinajstić information content (AvgIpc) is 2.72. The standard InChI is InChI=1S/C24H25NO.ClH/c1-19(22-15-9-10-16-24(22)26-2)25-18-17-23(20-11-5-3-6-12-20)21-13-7-4-8-14-21;/h3-17,19,25H,18H2,1-2H3;1H. The summed E-state index contributed by atoms with van der Waals surface area (Å²) >= 11 is 0. The van der Waals surface area contributed by atoms with Gasteiger partial charge in [0, 0.05) is 18.2 Å². The van der Waals surface area contributed by atoms with Crippen molar-refractivity contribution in [1.29, 1.82) is 0 Å². The topological polar surface area (TPSA) is 21.3 Å². The third-order valence-corrected chi connectivity index (χ3v) is 4.51. The molecule has 1 unspecified atom stereocenters. The van der Waals surface area contributed by atoms with Crippen LogP contribution in [-0.2, 0) is 0 Å². The second kappa shape index (κ2) is 10.6. The Bertz CT molecular complexity index is 805. The fourth-order valence-corrected chi connectivity index (χ4v) is 3.11. The van der Waals surface area contributed by atoms with Crippen molar-refractivity contribution in [3.8, 4) is 5.75 Å². The van der Waals surface area contributed by atoms with Crippen molar-refractivity contribution < 1.29 is 4.74 Å². The molecule has 0 saturated carbocycles. The Hall–Kier alpha value is -2.55. The number of methoxy groups -OCH3 is 1. The molecule has 0 heterocycles. The molecule has 0 saturated heterocycles. The first-order valence-corrected chi connectivity index (χ1v) is 8.97. The number of hydrogen-bond acceptors (Lipinski definition) is 2. The van der Waals surface area contributed by atoms with Gasteiger partial charge >= 0.3 is 0 Å². The molecule has 3 aromatic rings. The minimum atomic E-state index is 0. The highest BCUT2D eigenvalue weighted by molar-refractivity contribution is 5.85. The third-order valence-electron chi connectivity index (χ3n) is 4.51. The highest BCUT2D eigenvalue weighted by Gasteiger charge is 2.10. The van der Waals surface area contributed by atoms with Crippen LogP contribution in [0.5, 0.6) is 5.75 Å². The summed E-state index contributed by atoms with van der Waals surface area (Å²) < 4.78 is 5.48. The Morgan fingerprint density at radius 1 is 0.852 bits per heavy atom. The summed E-state index contributed by atoms with van der Waals surface area (Å²) in [5.41, 5.74) is 4.87. The van der Waals surface area contributed by atoms with Crippen LogP contribution in [0.25, 0.3) is 5.57 Å². The van der Waals surface area contributed by atoms with Crippen molar-refractivity contribution in [1.82, 2.24) is 5.32 Å². The van der Waals surface area contributed by atoms with Crippen molar-refractivity contribution in [2.45, 2.75) is 13.0 Å². The van der Waals surface area contributed by atoms with E-state index in [0.717, 1.165) is 12.3 Å². The fourth-order valence-electron chi connectivity index (χ4n) is 3.11. The molecule has 1 atom stereocenters. The Morgan fingerprint density at radius 2 is 1.37 bits per heavy atom. The number of rotatable bonds is 7. The van der Waals surface area contributed by atoms with Gasteiger partial charge in [-0.25, -0.2) is 0 Å². The van der Waals surface area contributed by atoms with Crippen molar-refractivity contribution in [3.63, 3.8) is 0 Å². The number of para-hydroxylation sites is 1. The predicted octanol–water partition coefficient (Wildman–Crippen LogP) is 5.90. The lowest BCUT2D eigenvalue weighted by Crippen LogP contribution is -2.19. The van der Waals surface area contributed by atoms with Crippen molar-refractivity contribution in [3.05, 3.63) is 108 Å². The normalized spacial score (nSPS) is 11.2. The third kappa shape index (κ3) is 5.46. The highest BCUT2D eigenvalue weighted by atomic mass is 35.5. The van der Waals surface area contributed by atoms with E-state index in [2.05, 4.69) is 72.9 Å². The summed E-state index contributed by atoms with van der Waals surface area (Å²) in [6.45, 7) is 2.94. The first-order valence-electron chi connectivity index (χ1n) is 8.97. The van der Waals surface area contributed by atoms with Gasteiger partial charge in [0.15, 0.2) is 0 Å². The van der Waals surface area contributed by atoms with E-state index in [1.165, 1.54) is 22.3 Å². The molecular formula is C24H26ClNO. The van der Waals surface area contributed by atoms with Gasteiger partial charge < -0.3 is 10.1 Å². The Balaban J connectivity index is 0.00000261. The zero-order valence-corrected chi connectivity index (χ0v) is 16.6. The smallest absolute Gasteiger partial charge is 0.123 e. The van der Waals surface area contributed by atoms with Crippen molar-refractivity contribution >= 4 is 18.0 Å². The lowest BCUT2D eigenvalue weighted by molar-refractivity contribution is 0.403. The van der Waals surface area contributed by atoms with E-state index >= 15 is 0 Å². The Kier molecular flexibility index (Phi) is 8.12. The second-order valence-electron chi connectivity index (χ2n) is 6.22. The largest absolute Gasteiger partial charge is 0.496 e. The molecule has 2 nitrogen and oxygen atoms in total. The summed E-state index contributed by atoms with van der Waals surface area (Å²) in [5, 5.41) is 3.59. The van der Waals surface area contributed by atoms with Crippen LogP contribution in [0, 0.1) is 0 Å². The molecule has 0 bridgehead atoms. The van der Waals surface area contributed by atoms with Gasteiger partial charge in [0.05, 0.1) is 7.11 Å². The molecule has 0 aliphatic rings. The molecule has 0 aliphatic heterocycles. The number of benzene rings is 3. The van der Waals surface area contributed by atoms with Crippen LogP contribution in [0.3, 0.4) is 0 Å². The van der Waals surface area contributed by atoms with Gasteiger partial charge in [-0.05, 0) is 29.7 Å². The van der Waals surface area contributed by atoms with Crippen LogP contribution < -0.4 is 10.1 Å². The van der Waals surface area contributed by atoms with Crippen LogP contribution in [0.15, 0.2) is 91.0 Å². The van der Waals surface area contributed by atoms with Gasteiger partial charge in [0.1, 0.15) is 5.75 Å². The zero-order chi connectivity index (χ0) is 18.2. The van der Waals surface area contributed by atoms with Crippen LogP contribution in [0.2, 0.25) is 0 Å². The summed E-state index contributed by atoms with van der Waals surface area (Å²) in [4.78, 5) is 0. The SMILES string of the molecule is COc1ccccc1C(C)NCC=C(c1ccccc1)c1ccccc1.Cl. The van der Waals surface area contributed by atoms with Crippen LogP contribution in [0.1, 0.15) is 29.7 Å². The maximum Gasteiger partial charge on any atom is 0.123 e. The van der Waals surface area contributed by atoms with E-state index in [0.29, 0.717) is 0 Å². The minimum Gasteiger partial charge on any atom is -0.496 e. The Morgan fingerprint density at radius 3 is 1.93 bits per heavy atom. The van der Waals surface area contributed by atoms with Crippen molar-refractivity contribution in [2.24, 2.45) is 0 Å². The van der Waals surface area contributed by atoms with Crippen molar-refractivity contribution in [2.75, 3.05) is 13.7 Å². The Labute approximate surface area is 168 Å². The maximum atomic E-state index is 5.48. The summed E-state index contributed by atoms with van der Waals surface area (Å²) in [6.07, 6.45) is 2.26. The molecule has 0 radical (unpaired) electrons. The zero-order valence-electron chi connectivity index (χ0n) is 15.8. The van der Waals surface area contributed by atoms with Gasteiger partial charge in [-0.3, -0.25) is 0 Å². The second-order valence-corrected chi connectivity index (χ2v) is 6.22. The van der Waals surface area contributed by atoms with Crippen LogP contribution in [-0.4, -0.2) is 13.7 Å². The molecule has 3 aromatic carbocycles. The summed E-state index contributed by atoms with van der Waals surface area (Å²) in [6, 6.07) is 29.4. The van der Waals surface area contributed by atoms with Gasteiger partial charge in [0.2, 0.25) is 0 Å². The van der Waals surface area contributed by atoms with E-state index in [1.54, 1.807) is 7.11 Å². The molecule has 140 valence electrons. The number of hydrogen-bond donors (Lipinski definition) is 1. The van der Waals surface area contributed by atoms with E-state index in [1.807, 2.05) is 30.3 Å². The molecular weight excluding hydrogens is 354 g/mol. The minimum absolute atomic E-state index is 0. The molecule has 0 spiro atoms. The van der Waals surface area contributed by atoms with E-state index in [-0.39, 0.29) is 18.4 Å². The average molecular weight is 380 g/mol. The van der Waals surface area contributed by atoms with Gasteiger partial charge in [-0.15, -0.1) is 12.4 Å². The molecule has 0 aliphatic carbocycles. The first-order chi connectivity index (χ1) is 12.8. The van der Waals surface area contributed by atoms with Gasteiger partial charge in [-0.1, -0.05) is 84.9 Å². The molecule has 3 rings (SSSR count). The first kappa shape index (κ1) is 20.8. The number of halogens is 1. The quantitative estimate of drug-likeness (QED) is 0.551. The molecule has 0 aromatic heterocycles. The molecule has 27 heavy (non-hydrogen) atoms. The summed E-state index contributed by atoms with van der Waals surface area (Å²) in [7, 11) is 1.72. The molecule has 1 N–H and O–H groups in total. The number of ether oxygens (including phenoxy) is 1. The molecule has 0 fully saturated rings. The van der Waals surface area contributed by atoms with Crippen LogP contribution >= 0.6 is 12.4 Å². The molecule has 3 heteroatoms. The maximum absolute atomic E-state index is 5.48. The van der Waals surface area contributed by atoms with E-state index in [4.69, 9.17) is 4.74 Å². The monoisotopic (exact) mass is 379 g/mol. The van der Waals surface area contributed by atoms with Gasteiger partial charge in [-0.2, -0.15) is 0 Å². The summed E-state index contributed by atoms with van der Waals surface area (Å²) in [5.74, 6) is 0.919. The fraction of sp³-hybridized carbons (Fsp3) is 0.167.